The lowest BCUT2D eigenvalue weighted by Gasteiger charge is -2.13. The highest BCUT2D eigenvalue weighted by Gasteiger charge is 2.21. The lowest BCUT2D eigenvalue weighted by Crippen LogP contribution is -2.00. The van der Waals surface area contributed by atoms with E-state index in [9.17, 15) is 0 Å². The van der Waals surface area contributed by atoms with E-state index in [0.717, 1.165) is 6.42 Å². The van der Waals surface area contributed by atoms with Gasteiger partial charge in [0.2, 0.25) is 0 Å². The van der Waals surface area contributed by atoms with E-state index in [-0.39, 0.29) is 0 Å². The maximum atomic E-state index is 2.47. The van der Waals surface area contributed by atoms with Gasteiger partial charge in [0, 0.05) is 26.0 Å². The summed E-state index contributed by atoms with van der Waals surface area (Å²) in [5, 5.41) is 12.0. The highest BCUT2D eigenvalue weighted by molar-refractivity contribution is 7.21. The molecular weight excluding hydrogens is 563 g/mol. The monoisotopic (exact) mass is 591 g/mol. The second-order valence-corrected chi connectivity index (χ2v) is 13.6. The van der Waals surface area contributed by atoms with Crippen molar-refractivity contribution in [3.05, 3.63) is 144 Å². The molecule has 2 heteroatoms. The van der Waals surface area contributed by atoms with Gasteiger partial charge in [-0.25, -0.2) is 0 Å². The fraction of sp³-hybridized carbons (Fsp3) is 0.0698. The van der Waals surface area contributed by atoms with E-state index in [2.05, 4.69) is 151 Å². The standard InChI is InChI=1S/C43H29NS/c1-26-17-22-41-38(23-26)35-20-21-40-42(43(35)45-41)36-15-6-7-16-39(36)44(40)29-10-8-9-27(24-29)28-18-19-34-32-13-3-2-11-30(32)31-12-4-5-14-33(31)37(34)25-28/h2-22,24-26H,23H2,1H3. The van der Waals surface area contributed by atoms with Crippen LogP contribution in [0.25, 0.3) is 87.1 Å². The molecule has 0 saturated carbocycles. The van der Waals surface area contributed by atoms with Crippen molar-refractivity contribution < 1.29 is 0 Å². The van der Waals surface area contributed by atoms with Crippen LogP contribution >= 0.6 is 11.3 Å². The van der Waals surface area contributed by atoms with Gasteiger partial charge in [-0.2, -0.15) is 0 Å². The minimum absolute atomic E-state index is 0.585. The van der Waals surface area contributed by atoms with Gasteiger partial charge in [-0.3, -0.25) is 0 Å². The predicted octanol–water partition coefficient (Wildman–Crippen LogP) is 12.3. The summed E-state index contributed by atoms with van der Waals surface area (Å²) in [4.78, 5) is 1.42. The average Bonchev–Trinajstić information content (AvgIpc) is 3.63. The lowest BCUT2D eigenvalue weighted by molar-refractivity contribution is 0.724. The molecule has 9 aromatic rings. The topological polar surface area (TPSA) is 4.93 Å². The van der Waals surface area contributed by atoms with Crippen molar-refractivity contribution in [3.63, 3.8) is 0 Å². The number of fused-ring (bicyclic) bond motifs is 13. The molecule has 0 saturated heterocycles. The molecule has 1 aliphatic carbocycles. The van der Waals surface area contributed by atoms with Crippen molar-refractivity contribution in [1.29, 1.82) is 0 Å². The molecule has 1 unspecified atom stereocenters. The van der Waals surface area contributed by atoms with E-state index < -0.39 is 0 Å². The summed E-state index contributed by atoms with van der Waals surface area (Å²) >= 11 is 1.96. The fourth-order valence-electron chi connectivity index (χ4n) is 7.85. The summed E-state index contributed by atoms with van der Waals surface area (Å²) in [5.41, 5.74) is 7.69. The molecule has 7 aromatic carbocycles. The van der Waals surface area contributed by atoms with Gasteiger partial charge in [0.15, 0.2) is 0 Å². The van der Waals surface area contributed by atoms with Crippen LogP contribution in [0.3, 0.4) is 0 Å². The van der Waals surface area contributed by atoms with Crippen LogP contribution in [0, 0.1) is 5.92 Å². The Kier molecular flexibility index (Phi) is 5.26. The third kappa shape index (κ3) is 3.61. The van der Waals surface area contributed by atoms with Gasteiger partial charge in [-0.15, -0.1) is 11.3 Å². The first kappa shape index (κ1) is 25.2. The van der Waals surface area contributed by atoms with Crippen molar-refractivity contribution in [3.8, 4) is 16.8 Å². The summed E-state index contributed by atoms with van der Waals surface area (Å²) in [6.07, 6.45) is 5.83. The second kappa shape index (κ2) is 9.41. The van der Waals surface area contributed by atoms with Crippen molar-refractivity contribution in [1.82, 2.24) is 4.57 Å². The van der Waals surface area contributed by atoms with Gasteiger partial charge in [0.05, 0.1) is 11.0 Å². The van der Waals surface area contributed by atoms with Crippen LogP contribution in [-0.2, 0) is 6.42 Å². The summed E-state index contributed by atoms with van der Waals surface area (Å²) < 4.78 is 3.88. The first-order valence-corrected chi connectivity index (χ1v) is 16.6. The minimum atomic E-state index is 0.585. The van der Waals surface area contributed by atoms with E-state index >= 15 is 0 Å². The molecule has 2 aromatic heterocycles. The first-order valence-electron chi connectivity index (χ1n) is 15.8. The van der Waals surface area contributed by atoms with E-state index in [4.69, 9.17) is 0 Å². The van der Waals surface area contributed by atoms with Crippen LogP contribution in [0.4, 0.5) is 0 Å². The van der Waals surface area contributed by atoms with E-state index in [0.29, 0.717) is 5.92 Å². The second-order valence-electron chi connectivity index (χ2n) is 12.6. The van der Waals surface area contributed by atoms with E-state index in [1.165, 1.54) is 91.5 Å². The van der Waals surface area contributed by atoms with Gasteiger partial charge in [-0.1, -0.05) is 110 Å². The van der Waals surface area contributed by atoms with Crippen LogP contribution < -0.4 is 0 Å². The predicted molar refractivity (Wildman–Crippen MR) is 196 cm³/mol. The Morgan fingerprint density at radius 1 is 0.556 bits per heavy atom. The normalized spacial score (nSPS) is 14.8. The van der Waals surface area contributed by atoms with Crippen LogP contribution in [-0.4, -0.2) is 4.57 Å². The Morgan fingerprint density at radius 3 is 1.98 bits per heavy atom. The maximum Gasteiger partial charge on any atom is 0.0555 e. The quantitative estimate of drug-likeness (QED) is 0.176. The molecule has 45 heavy (non-hydrogen) atoms. The molecule has 0 radical (unpaired) electrons. The molecule has 0 spiro atoms. The zero-order valence-corrected chi connectivity index (χ0v) is 25.7. The third-order valence-electron chi connectivity index (χ3n) is 9.91. The van der Waals surface area contributed by atoms with Crippen LogP contribution in [0.1, 0.15) is 17.4 Å². The number of hydrogen-bond acceptors (Lipinski definition) is 1. The van der Waals surface area contributed by atoms with Crippen molar-refractivity contribution >= 4 is 81.6 Å². The fourth-order valence-corrected chi connectivity index (χ4v) is 9.15. The van der Waals surface area contributed by atoms with Gasteiger partial charge in [0.25, 0.3) is 0 Å². The molecule has 10 rings (SSSR count). The molecule has 0 fully saturated rings. The van der Waals surface area contributed by atoms with Crippen molar-refractivity contribution in [2.75, 3.05) is 0 Å². The molecule has 0 N–H and O–H groups in total. The zero-order chi connectivity index (χ0) is 29.6. The lowest BCUT2D eigenvalue weighted by atomic mass is 9.92. The van der Waals surface area contributed by atoms with Crippen LogP contribution in [0.5, 0.6) is 0 Å². The van der Waals surface area contributed by atoms with Crippen LogP contribution in [0.2, 0.25) is 0 Å². The number of allylic oxidation sites excluding steroid dienone is 1. The summed E-state index contributed by atoms with van der Waals surface area (Å²) in [7, 11) is 0. The molecule has 0 aliphatic heterocycles. The average molecular weight is 592 g/mol. The van der Waals surface area contributed by atoms with Crippen molar-refractivity contribution in [2.24, 2.45) is 5.92 Å². The molecule has 1 aliphatic rings. The number of nitrogens with zero attached hydrogens (tertiary/aromatic N) is 1. The molecule has 0 amide bonds. The number of benzene rings is 7. The number of aromatic nitrogens is 1. The van der Waals surface area contributed by atoms with E-state index in [1.807, 2.05) is 11.3 Å². The molecule has 212 valence electrons. The largest absolute Gasteiger partial charge is 0.309 e. The van der Waals surface area contributed by atoms with E-state index in [1.54, 1.807) is 0 Å². The molecule has 1 atom stereocenters. The molecular formula is C43H29NS. The zero-order valence-electron chi connectivity index (χ0n) is 24.9. The minimum Gasteiger partial charge on any atom is -0.309 e. The first-order chi connectivity index (χ1) is 22.2. The van der Waals surface area contributed by atoms with Gasteiger partial charge >= 0.3 is 0 Å². The number of hydrogen-bond donors (Lipinski definition) is 0. The van der Waals surface area contributed by atoms with Gasteiger partial charge < -0.3 is 4.57 Å². The molecule has 2 heterocycles. The summed E-state index contributed by atoms with van der Waals surface area (Å²) in [6.45, 7) is 2.32. The Bertz CT molecular complexity index is 2660. The Morgan fingerprint density at radius 2 is 1.20 bits per heavy atom. The summed E-state index contributed by atoms with van der Waals surface area (Å²) in [5.74, 6) is 0.585. The Labute approximate surface area is 265 Å². The highest BCUT2D eigenvalue weighted by atomic mass is 32.1. The van der Waals surface area contributed by atoms with Crippen LogP contribution in [0.15, 0.2) is 133 Å². The number of para-hydroxylation sites is 1. The maximum absolute atomic E-state index is 2.47. The number of rotatable bonds is 2. The number of thiophene rings is 1. The molecule has 1 nitrogen and oxygen atoms in total. The Hall–Kier alpha value is -5.18. The molecule has 0 bridgehead atoms. The highest BCUT2D eigenvalue weighted by Crippen LogP contribution is 2.45. The summed E-state index contributed by atoms with van der Waals surface area (Å²) in [6, 6.07) is 47.4. The third-order valence-corrected chi connectivity index (χ3v) is 11.1. The van der Waals surface area contributed by atoms with Crippen molar-refractivity contribution in [2.45, 2.75) is 13.3 Å². The SMILES string of the molecule is CC1C=Cc2sc3c(ccc4c3c3ccccc3n4-c3cccc(-c4ccc5c6ccccc6c6ccccc6c5c4)c3)c2C1. The van der Waals surface area contributed by atoms with Gasteiger partial charge in [0.1, 0.15) is 0 Å². The van der Waals surface area contributed by atoms with Gasteiger partial charge in [-0.05, 0) is 103 Å². The smallest absolute Gasteiger partial charge is 0.0555 e. The Balaban J connectivity index is 1.20.